The van der Waals surface area contributed by atoms with Crippen molar-refractivity contribution < 1.29 is 9.53 Å². The maximum atomic E-state index is 12.3. The molecule has 1 N–H and O–H groups in total. The first-order valence-electron chi connectivity index (χ1n) is 6.28. The number of amides is 1. The Morgan fingerprint density at radius 1 is 1.27 bits per heavy atom. The van der Waals surface area contributed by atoms with E-state index >= 15 is 0 Å². The Bertz CT molecular complexity index is 864. The molecule has 1 amide bonds. The average Bonchev–Trinajstić information content (AvgIpc) is 2.89. The molecule has 0 aliphatic rings. The van der Waals surface area contributed by atoms with E-state index in [0.717, 1.165) is 4.70 Å². The van der Waals surface area contributed by atoms with Crippen LogP contribution < -0.4 is 10.1 Å². The number of methoxy groups -OCH3 is 1. The normalized spacial score (nSPS) is 10.7. The molecule has 0 aliphatic heterocycles. The largest absolute Gasteiger partial charge is 0.496 e. The van der Waals surface area contributed by atoms with Gasteiger partial charge in [-0.1, -0.05) is 46.7 Å². The third-order valence-corrected chi connectivity index (χ3v) is 4.41. The monoisotopic (exact) mass is 352 g/mol. The van der Waals surface area contributed by atoms with Gasteiger partial charge in [0.25, 0.3) is 5.91 Å². The van der Waals surface area contributed by atoms with E-state index < -0.39 is 0 Å². The van der Waals surface area contributed by atoms with Crippen LogP contribution in [-0.2, 0) is 0 Å². The molecule has 7 heteroatoms. The van der Waals surface area contributed by atoms with Crippen LogP contribution >= 0.6 is 34.5 Å². The van der Waals surface area contributed by atoms with Crippen molar-refractivity contribution in [1.29, 1.82) is 0 Å². The van der Waals surface area contributed by atoms with E-state index in [0.29, 0.717) is 32.0 Å². The van der Waals surface area contributed by atoms with Crippen LogP contribution in [0.1, 0.15) is 10.4 Å². The van der Waals surface area contributed by atoms with Crippen LogP contribution in [0.2, 0.25) is 10.0 Å². The molecule has 112 valence electrons. The second kappa shape index (κ2) is 6.12. The van der Waals surface area contributed by atoms with Gasteiger partial charge in [-0.05, 0) is 24.3 Å². The van der Waals surface area contributed by atoms with Crippen LogP contribution in [0.15, 0.2) is 36.4 Å². The Balaban J connectivity index is 1.93. The third-order valence-electron chi connectivity index (χ3n) is 2.99. The molecule has 0 radical (unpaired) electrons. The molecule has 0 saturated heterocycles. The SMILES string of the molecule is COc1ccccc1C(=O)Nc1nc2c(Cl)cc(Cl)cc2s1. The van der Waals surface area contributed by atoms with E-state index in [9.17, 15) is 4.79 Å². The highest BCUT2D eigenvalue weighted by molar-refractivity contribution is 7.22. The van der Waals surface area contributed by atoms with E-state index in [-0.39, 0.29) is 5.91 Å². The summed E-state index contributed by atoms with van der Waals surface area (Å²) in [4.78, 5) is 16.7. The predicted octanol–water partition coefficient (Wildman–Crippen LogP) is 4.86. The average molecular weight is 353 g/mol. The topological polar surface area (TPSA) is 51.2 Å². The van der Waals surface area contributed by atoms with Crippen molar-refractivity contribution in [3.8, 4) is 5.75 Å². The molecule has 1 heterocycles. The van der Waals surface area contributed by atoms with Gasteiger partial charge in [0.1, 0.15) is 11.3 Å². The maximum Gasteiger partial charge on any atom is 0.261 e. The molecule has 2 aromatic carbocycles. The number of halogens is 2. The van der Waals surface area contributed by atoms with Crippen LogP contribution in [0.3, 0.4) is 0 Å². The quantitative estimate of drug-likeness (QED) is 0.731. The minimum Gasteiger partial charge on any atom is -0.496 e. The summed E-state index contributed by atoms with van der Waals surface area (Å²) in [6.07, 6.45) is 0. The zero-order valence-electron chi connectivity index (χ0n) is 11.4. The number of thiazole rings is 1. The van der Waals surface area contributed by atoms with Crippen LogP contribution in [0.4, 0.5) is 5.13 Å². The van der Waals surface area contributed by atoms with Gasteiger partial charge in [-0.3, -0.25) is 10.1 Å². The fourth-order valence-electron chi connectivity index (χ4n) is 2.01. The standard InChI is InChI=1S/C15H10Cl2N2O2S/c1-21-11-5-3-2-4-9(11)14(20)19-15-18-13-10(17)6-8(16)7-12(13)22-15/h2-7H,1H3,(H,18,19,20). The summed E-state index contributed by atoms with van der Waals surface area (Å²) in [6.45, 7) is 0. The number of nitrogens with one attached hydrogen (secondary N) is 1. The van der Waals surface area contributed by atoms with Crippen LogP contribution in [0.5, 0.6) is 5.75 Å². The summed E-state index contributed by atoms with van der Waals surface area (Å²) < 4.78 is 5.99. The van der Waals surface area contributed by atoms with Crippen molar-refractivity contribution in [2.75, 3.05) is 12.4 Å². The van der Waals surface area contributed by atoms with Gasteiger partial charge in [-0.25, -0.2) is 4.98 Å². The molecule has 0 bridgehead atoms. The van der Waals surface area contributed by atoms with Crippen molar-refractivity contribution >= 4 is 55.8 Å². The lowest BCUT2D eigenvalue weighted by Gasteiger charge is -2.06. The molecule has 0 spiro atoms. The van der Waals surface area contributed by atoms with Gasteiger partial charge in [-0.15, -0.1) is 0 Å². The summed E-state index contributed by atoms with van der Waals surface area (Å²) >= 11 is 13.4. The summed E-state index contributed by atoms with van der Waals surface area (Å²) in [5.41, 5.74) is 1.06. The first kappa shape index (κ1) is 15.1. The van der Waals surface area contributed by atoms with E-state index in [1.165, 1.54) is 18.4 Å². The van der Waals surface area contributed by atoms with Gasteiger partial charge in [0.2, 0.25) is 0 Å². The molecular formula is C15H10Cl2N2O2S. The Morgan fingerprint density at radius 2 is 2.05 bits per heavy atom. The second-order valence-electron chi connectivity index (χ2n) is 4.41. The van der Waals surface area contributed by atoms with E-state index in [1.807, 2.05) is 0 Å². The molecule has 0 aliphatic carbocycles. The number of anilines is 1. The first-order valence-corrected chi connectivity index (χ1v) is 7.85. The molecule has 3 rings (SSSR count). The first-order chi connectivity index (χ1) is 10.6. The lowest BCUT2D eigenvalue weighted by Crippen LogP contribution is -2.12. The second-order valence-corrected chi connectivity index (χ2v) is 6.28. The van der Waals surface area contributed by atoms with Gasteiger partial charge in [-0.2, -0.15) is 0 Å². The minimum atomic E-state index is -0.293. The number of carbonyl (C=O) groups is 1. The fourth-order valence-corrected chi connectivity index (χ4v) is 3.59. The number of para-hydroxylation sites is 1. The van der Waals surface area contributed by atoms with Crippen molar-refractivity contribution in [1.82, 2.24) is 4.98 Å². The number of aromatic nitrogens is 1. The summed E-state index contributed by atoms with van der Waals surface area (Å²) in [7, 11) is 1.52. The number of ether oxygens (including phenoxy) is 1. The predicted molar refractivity (Wildman–Crippen MR) is 90.6 cm³/mol. The van der Waals surface area contributed by atoms with Crippen LogP contribution in [0.25, 0.3) is 10.2 Å². The van der Waals surface area contributed by atoms with Crippen molar-refractivity contribution in [2.45, 2.75) is 0 Å². The molecule has 4 nitrogen and oxygen atoms in total. The Hall–Kier alpha value is -1.82. The number of fused-ring (bicyclic) bond motifs is 1. The van der Waals surface area contributed by atoms with Crippen LogP contribution in [0, 0.1) is 0 Å². The highest BCUT2D eigenvalue weighted by atomic mass is 35.5. The van der Waals surface area contributed by atoms with Gasteiger partial charge >= 0.3 is 0 Å². The number of rotatable bonds is 3. The Labute approximate surface area is 140 Å². The zero-order chi connectivity index (χ0) is 15.7. The van der Waals surface area contributed by atoms with Crippen molar-refractivity contribution in [3.63, 3.8) is 0 Å². The molecule has 22 heavy (non-hydrogen) atoms. The highest BCUT2D eigenvalue weighted by Gasteiger charge is 2.15. The summed E-state index contributed by atoms with van der Waals surface area (Å²) in [5, 5.41) is 4.20. The van der Waals surface area contributed by atoms with E-state index in [2.05, 4.69) is 10.3 Å². The fraction of sp³-hybridized carbons (Fsp3) is 0.0667. The molecule has 0 unspecified atom stereocenters. The minimum absolute atomic E-state index is 0.293. The molecule has 0 fully saturated rings. The van der Waals surface area contributed by atoms with Crippen molar-refractivity contribution in [2.24, 2.45) is 0 Å². The molecule has 1 aromatic heterocycles. The Morgan fingerprint density at radius 3 is 2.82 bits per heavy atom. The molecule has 0 atom stereocenters. The maximum absolute atomic E-state index is 12.3. The lowest BCUT2D eigenvalue weighted by molar-refractivity contribution is 0.102. The van der Waals surface area contributed by atoms with E-state index in [1.54, 1.807) is 36.4 Å². The number of hydrogen-bond donors (Lipinski definition) is 1. The number of carbonyl (C=O) groups excluding carboxylic acids is 1. The Kier molecular flexibility index (Phi) is 4.20. The smallest absolute Gasteiger partial charge is 0.261 e. The molecular weight excluding hydrogens is 343 g/mol. The van der Waals surface area contributed by atoms with Gasteiger partial charge in [0, 0.05) is 5.02 Å². The zero-order valence-corrected chi connectivity index (χ0v) is 13.7. The molecule has 3 aromatic rings. The molecule has 0 saturated carbocycles. The highest BCUT2D eigenvalue weighted by Crippen LogP contribution is 2.34. The van der Waals surface area contributed by atoms with Crippen LogP contribution in [-0.4, -0.2) is 18.0 Å². The van der Waals surface area contributed by atoms with Crippen molar-refractivity contribution in [3.05, 3.63) is 52.0 Å². The summed E-state index contributed by atoms with van der Waals surface area (Å²) in [5.74, 6) is 0.209. The lowest BCUT2D eigenvalue weighted by atomic mass is 10.2. The van der Waals surface area contributed by atoms with Gasteiger partial charge in [0.05, 0.1) is 22.4 Å². The van der Waals surface area contributed by atoms with Gasteiger partial charge < -0.3 is 4.74 Å². The number of benzene rings is 2. The number of hydrogen-bond acceptors (Lipinski definition) is 4. The van der Waals surface area contributed by atoms with Gasteiger partial charge in [0.15, 0.2) is 5.13 Å². The summed E-state index contributed by atoms with van der Waals surface area (Å²) in [6, 6.07) is 10.4. The van der Waals surface area contributed by atoms with E-state index in [4.69, 9.17) is 27.9 Å². The third kappa shape index (κ3) is 2.88. The number of nitrogens with zero attached hydrogens (tertiary/aromatic N) is 1.